The highest BCUT2D eigenvalue weighted by atomic mass is 79.9. The van der Waals surface area contributed by atoms with E-state index < -0.39 is 0 Å². The zero-order valence-electron chi connectivity index (χ0n) is 20.5. The van der Waals surface area contributed by atoms with Gasteiger partial charge in [0.2, 0.25) is 0 Å². The Morgan fingerprint density at radius 1 is 1.00 bits per heavy atom. The zero-order valence-corrected chi connectivity index (χ0v) is 22.1. The van der Waals surface area contributed by atoms with Crippen molar-refractivity contribution < 1.29 is 9.53 Å². The first-order valence-corrected chi connectivity index (χ1v) is 13.0. The molecule has 1 amide bonds. The van der Waals surface area contributed by atoms with Crippen LogP contribution in [0.4, 0.5) is 0 Å². The van der Waals surface area contributed by atoms with E-state index in [1.54, 1.807) is 0 Å². The normalized spacial score (nSPS) is 12.1. The molecule has 4 rings (SSSR count). The Morgan fingerprint density at radius 2 is 1.77 bits per heavy atom. The monoisotopic (exact) mass is 533 g/mol. The topological polar surface area (TPSA) is 56.1 Å². The first-order chi connectivity index (χ1) is 16.9. The Labute approximate surface area is 215 Å². The standard InChI is InChI=1S/C29H32BrN3O2/c1-20(2)22-13-15-25(16-14-22)35-18-7-6-17-33-27-12-5-4-11-26(27)32-28(33)21(3)31-29(34)23-9-8-10-24(30)19-23/h4-5,8-16,19-21H,6-7,17-18H2,1-3H3,(H,31,34). The largest absolute Gasteiger partial charge is 0.494 e. The second kappa shape index (κ2) is 11.5. The molecule has 0 bridgehead atoms. The molecule has 3 aromatic carbocycles. The third-order valence-electron chi connectivity index (χ3n) is 6.10. The molecular formula is C29H32BrN3O2. The molecule has 0 radical (unpaired) electrons. The van der Waals surface area contributed by atoms with E-state index in [0.29, 0.717) is 18.1 Å². The summed E-state index contributed by atoms with van der Waals surface area (Å²) in [5, 5.41) is 3.11. The van der Waals surface area contributed by atoms with E-state index in [0.717, 1.165) is 46.5 Å². The van der Waals surface area contributed by atoms with Crippen molar-refractivity contribution in [3.8, 4) is 5.75 Å². The number of imidazole rings is 1. The van der Waals surface area contributed by atoms with Crippen molar-refractivity contribution in [2.75, 3.05) is 6.61 Å². The number of aryl methyl sites for hydroxylation is 1. The summed E-state index contributed by atoms with van der Waals surface area (Å²) in [6.45, 7) is 7.84. The fraction of sp³-hybridized carbons (Fsp3) is 0.310. The highest BCUT2D eigenvalue weighted by molar-refractivity contribution is 9.10. The Bertz CT molecular complexity index is 1280. The van der Waals surface area contributed by atoms with Crippen molar-refractivity contribution in [2.24, 2.45) is 0 Å². The maximum Gasteiger partial charge on any atom is 0.251 e. The molecule has 1 heterocycles. The maximum atomic E-state index is 12.8. The molecule has 1 N–H and O–H groups in total. The van der Waals surface area contributed by atoms with Gasteiger partial charge >= 0.3 is 0 Å². The van der Waals surface area contributed by atoms with Crippen LogP contribution in [0.1, 0.15) is 67.3 Å². The Morgan fingerprint density at radius 3 is 2.51 bits per heavy atom. The lowest BCUT2D eigenvalue weighted by atomic mass is 10.0. The molecule has 0 spiro atoms. The van der Waals surface area contributed by atoms with Gasteiger partial charge in [-0.3, -0.25) is 4.79 Å². The summed E-state index contributed by atoms with van der Waals surface area (Å²) in [7, 11) is 0. The van der Waals surface area contributed by atoms with Crippen LogP contribution in [0.15, 0.2) is 77.3 Å². The van der Waals surface area contributed by atoms with Crippen molar-refractivity contribution in [3.63, 3.8) is 0 Å². The van der Waals surface area contributed by atoms with Crippen LogP contribution >= 0.6 is 15.9 Å². The molecule has 1 aromatic heterocycles. The molecule has 0 aliphatic carbocycles. The van der Waals surface area contributed by atoms with E-state index in [2.05, 4.69) is 57.9 Å². The van der Waals surface area contributed by atoms with Gasteiger partial charge in [-0.2, -0.15) is 0 Å². The van der Waals surface area contributed by atoms with E-state index in [4.69, 9.17) is 9.72 Å². The predicted octanol–water partition coefficient (Wildman–Crippen LogP) is 7.27. The van der Waals surface area contributed by atoms with Crippen LogP contribution in [0.2, 0.25) is 0 Å². The molecule has 0 saturated heterocycles. The fourth-order valence-electron chi connectivity index (χ4n) is 4.14. The molecule has 1 atom stereocenters. The van der Waals surface area contributed by atoms with Gasteiger partial charge in [0.05, 0.1) is 23.7 Å². The summed E-state index contributed by atoms with van der Waals surface area (Å²) in [6, 6.07) is 23.6. The number of benzene rings is 3. The second-order valence-electron chi connectivity index (χ2n) is 9.10. The van der Waals surface area contributed by atoms with E-state index in [-0.39, 0.29) is 11.9 Å². The number of amides is 1. The molecule has 0 aliphatic heterocycles. The van der Waals surface area contributed by atoms with Crippen LogP contribution in [0.25, 0.3) is 11.0 Å². The third kappa shape index (κ3) is 6.31. The molecule has 35 heavy (non-hydrogen) atoms. The van der Waals surface area contributed by atoms with Crippen LogP contribution in [0.5, 0.6) is 5.75 Å². The summed E-state index contributed by atoms with van der Waals surface area (Å²) >= 11 is 3.43. The summed E-state index contributed by atoms with van der Waals surface area (Å²) in [5.41, 5.74) is 3.95. The molecule has 1 unspecified atom stereocenters. The minimum Gasteiger partial charge on any atom is -0.494 e. The number of carbonyl (C=O) groups is 1. The number of unbranched alkanes of at least 4 members (excludes halogenated alkanes) is 1. The summed E-state index contributed by atoms with van der Waals surface area (Å²) in [5.74, 6) is 2.17. The number of rotatable bonds is 10. The molecule has 5 nitrogen and oxygen atoms in total. The number of hydrogen-bond donors (Lipinski definition) is 1. The SMILES string of the molecule is CC(C)c1ccc(OCCCCn2c(C(C)NC(=O)c3cccc(Br)c3)nc3ccccc32)cc1. The number of ether oxygens (including phenoxy) is 1. The predicted molar refractivity (Wildman–Crippen MR) is 145 cm³/mol. The van der Waals surface area contributed by atoms with Gasteiger partial charge in [-0.1, -0.05) is 60.1 Å². The van der Waals surface area contributed by atoms with E-state index in [1.165, 1.54) is 5.56 Å². The van der Waals surface area contributed by atoms with Crippen LogP contribution in [0.3, 0.4) is 0 Å². The number of halogens is 1. The molecule has 0 saturated carbocycles. The second-order valence-corrected chi connectivity index (χ2v) is 10.0. The first-order valence-electron chi connectivity index (χ1n) is 12.2. The van der Waals surface area contributed by atoms with Gasteiger partial charge in [-0.25, -0.2) is 4.98 Å². The molecule has 0 aliphatic rings. The van der Waals surface area contributed by atoms with E-state index >= 15 is 0 Å². The Kier molecular flexibility index (Phi) is 8.24. The third-order valence-corrected chi connectivity index (χ3v) is 6.59. The van der Waals surface area contributed by atoms with E-state index in [9.17, 15) is 4.79 Å². The summed E-state index contributed by atoms with van der Waals surface area (Å²) in [4.78, 5) is 17.7. The Balaban J connectivity index is 1.39. The summed E-state index contributed by atoms with van der Waals surface area (Å²) < 4.78 is 9.05. The number of para-hydroxylation sites is 2. The first kappa shape index (κ1) is 25.0. The number of fused-ring (bicyclic) bond motifs is 1. The summed E-state index contributed by atoms with van der Waals surface area (Å²) in [6.07, 6.45) is 1.88. The smallest absolute Gasteiger partial charge is 0.251 e. The number of hydrogen-bond acceptors (Lipinski definition) is 3. The lowest BCUT2D eigenvalue weighted by molar-refractivity contribution is 0.0937. The number of nitrogens with one attached hydrogen (secondary N) is 1. The van der Waals surface area contributed by atoms with Gasteiger partial charge in [0, 0.05) is 16.6 Å². The molecule has 4 aromatic rings. The fourth-order valence-corrected chi connectivity index (χ4v) is 4.54. The van der Waals surface area contributed by atoms with Crippen molar-refractivity contribution >= 4 is 32.9 Å². The average Bonchev–Trinajstić information content (AvgIpc) is 3.23. The van der Waals surface area contributed by atoms with Gasteiger partial charge < -0.3 is 14.6 Å². The molecule has 182 valence electrons. The number of nitrogens with zero attached hydrogens (tertiary/aromatic N) is 2. The van der Waals surface area contributed by atoms with Crippen LogP contribution in [-0.4, -0.2) is 22.1 Å². The van der Waals surface area contributed by atoms with Gasteiger partial charge in [0.25, 0.3) is 5.91 Å². The minimum atomic E-state index is -0.232. The zero-order chi connectivity index (χ0) is 24.8. The van der Waals surface area contributed by atoms with Crippen LogP contribution in [0, 0.1) is 0 Å². The van der Waals surface area contributed by atoms with Crippen molar-refractivity contribution in [3.05, 3.63) is 94.2 Å². The maximum absolute atomic E-state index is 12.8. The molecular weight excluding hydrogens is 502 g/mol. The Hall–Kier alpha value is -3.12. The lowest BCUT2D eigenvalue weighted by Gasteiger charge is -2.17. The van der Waals surface area contributed by atoms with Gasteiger partial charge in [-0.15, -0.1) is 0 Å². The van der Waals surface area contributed by atoms with Crippen molar-refractivity contribution in [1.82, 2.24) is 14.9 Å². The van der Waals surface area contributed by atoms with Crippen molar-refractivity contribution in [1.29, 1.82) is 0 Å². The van der Waals surface area contributed by atoms with Crippen LogP contribution < -0.4 is 10.1 Å². The van der Waals surface area contributed by atoms with Crippen molar-refractivity contribution in [2.45, 2.75) is 52.1 Å². The molecule has 0 fully saturated rings. The highest BCUT2D eigenvalue weighted by Gasteiger charge is 2.19. The molecule has 6 heteroatoms. The van der Waals surface area contributed by atoms with Gasteiger partial charge in [-0.05, 0) is 73.7 Å². The quantitative estimate of drug-likeness (QED) is 0.218. The van der Waals surface area contributed by atoms with E-state index in [1.807, 2.05) is 61.5 Å². The number of carbonyl (C=O) groups excluding carboxylic acids is 1. The minimum absolute atomic E-state index is 0.116. The lowest BCUT2D eigenvalue weighted by Crippen LogP contribution is -2.28. The average molecular weight is 534 g/mol. The number of aromatic nitrogens is 2. The van der Waals surface area contributed by atoms with Gasteiger partial charge in [0.1, 0.15) is 11.6 Å². The van der Waals surface area contributed by atoms with Crippen LogP contribution in [-0.2, 0) is 6.54 Å². The van der Waals surface area contributed by atoms with Gasteiger partial charge in [0.15, 0.2) is 0 Å². The highest BCUT2D eigenvalue weighted by Crippen LogP contribution is 2.23.